The maximum Gasteiger partial charge on any atom is 0.261 e. The summed E-state index contributed by atoms with van der Waals surface area (Å²) < 4.78 is 6.01. The highest BCUT2D eigenvalue weighted by Gasteiger charge is 2.31. The fraction of sp³-hybridized carbons (Fsp3) is 0.500. The first kappa shape index (κ1) is 26.4. The molecule has 0 aliphatic rings. The van der Waals surface area contributed by atoms with Gasteiger partial charge in [-0.2, -0.15) is 0 Å². The molecule has 0 aromatic heterocycles. The number of nitrogens with zero attached hydrogens (tertiary/aromatic N) is 1. The summed E-state index contributed by atoms with van der Waals surface area (Å²) in [6.45, 7) is 14.5. The van der Waals surface area contributed by atoms with Crippen LogP contribution < -0.4 is 10.1 Å². The summed E-state index contributed by atoms with van der Waals surface area (Å²) in [7, 11) is 0. The van der Waals surface area contributed by atoms with Crippen LogP contribution >= 0.6 is 0 Å². The van der Waals surface area contributed by atoms with E-state index in [2.05, 4.69) is 26.1 Å². The number of rotatable bonds is 9. The van der Waals surface area contributed by atoms with E-state index in [1.54, 1.807) is 4.90 Å². The van der Waals surface area contributed by atoms with Gasteiger partial charge in [0.15, 0.2) is 6.61 Å². The van der Waals surface area contributed by atoms with Gasteiger partial charge >= 0.3 is 0 Å². The van der Waals surface area contributed by atoms with E-state index in [-0.39, 0.29) is 29.4 Å². The first-order valence-electron chi connectivity index (χ1n) is 11.8. The lowest BCUT2D eigenvalue weighted by atomic mass is 9.86. The average Bonchev–Trinajstić information content (AvgIpc) is 2.74. The van der Waals surface area contributed by atoms with Crippen LogP contribution in [0.2, 0.25) is 0 Å². The van der Waals surface area contributed by atoms with Crippen LogP contribution in [0.15, 0.2) is 54.6 Å². The van der Waals surface area contributed by atoms with Gasteiger partial charge in [-0.25, -0.2) is 0 Å². The Morgan fingerprint density at radius 2 is 1.55 bits per heavy atom. The highest BCUT2D eigenvalue weighted by Crippen LogP contribution is 2.31. The SMILES string of the molecule is CCC(C(=O)NC(C)(C)C)N(CCc1ccccc1)C(=O)COc1ccccc1C(C)(C)C. The maximum atomic E-state index is 13.4. The Morgan fingerprint density at radius 1 is 0.939 bits per heavy atom. The van der Waals surface area contributed by atoms with Crippen molar-refractivity contribution in [1.29, 1.82) is 0 Å². The lowest BCUT2D eigenvalue weighted by Gasteiger charge is -2.33. The third-order valence-corrected chi connectivity index (χ3v) is 5.41. The Morgan fingerprint density at radius 3 is 2.12 bits per heavy atom. The molecule has 0 saturated carbocycles. The molecule has 33 heavy (non-hydrogen) atoms. The molecule has 0 fully saturated rings. The summed E-state index contributed by atoms with van der Waals surface area (Å²) in [6.07, 6.45) is 1.20. The molecule has 2 amide bonds. The molecule has 2 rings (SSSR count). The molecule has 0 heterocycles. The Hall–Kier alpha value is -2.82. The van der Waals surface area contributed by atoms with Crippen molar-refractivity contribution in [3.63, 3.8) is 0 Å². The molecule has 5 heteroatoms. The third-order valence-electron chi connectivity index (χ3n) is 5.41. The number of carbonyl (C=O) groups is 2. The first-order valence-corrected chi connectivity index (χ1v) is 11.8. The van der Waals surface area contributed by atoms with Crippen molar-refractivity contribution in [2.24, 2.45) is 0 Å². The second-order valence-corrected chi connectivity index (χ2v) is 10.5. The summed E-state index contributed by atoms with van der Waals surface area (Å²) in [5.74, 6) is 0.376. The van der Waals surface area contributed by atoms with Gasteiger partial charge in [0.25, 0.3) is 5.91 Å². The Labute approximate surface area is 199 Å². The van der Waals surface area contributed by atoms with Gasteiger partial charge in [-0.15, -0.1) is 0 Å². The van der Waals surface area contributed by atoms with Gasteiger partial charge in [0.05, 0.1) is 0 Å². The smallest absolute Gasteiger partial charge is 0.261 e. The van der Waals surface area contributed by atoms with Crippen molar-refractivity contribution >= 4 is 11.8 Å². The van der Waals surface area contributed by atoms with Crippen molar-refractivity contribution in [1.82, 2.24) is 10.2 Å². The third kappa shape index (κ3) is 8.23. The zero-order chi connectivity index (χ0) is 24.6. The van der Waals surface area contributed by atoms with Gasteiger partial charge in [0.2, 0.25) is 5.91 Å². The van der Waals surface area contributed by atoms with Crippen LogP contribution in [0.5, 0.6) is 5.75 Å². The van der Waals surface area contributed by atoms with E-state index in [1.807, 2.05) is 82.3 Å². The summed E-state index contributed by atoms with van der Waals surface area (Å²) in [4.78, 5) is 28.1. The van der Waals surface area contributed by atoms with Crippen LogP contribution in [0, 0.1) is 0 Å². The Bertz CT molecular complexity index is 911. The Balaban J connectivity index is 2.22. The number of amides is 2. The predicted molar refractivity (Wildman–Crippen MR) is 134 cm³/mol. The van der Waals surface area contributed by atoms with Gasteiger partial charge in [-0.05, 0) is 56.2 Å². The van der Waals surface area contributed by atoms with E-state index in [4.69, 9.17) is 4.74 Å². The molecule has 0 radical (unpaired) electrons. The summed E-state index contributed by atoms with van der Waals surface area (Å²) in [5.41, 5.74) is 1.69. The molecule has 180 valence electrons. The zero-order valence-corrected chi connectivity index (χ0v) is 21.3. The minimum Gasteiger partial charge on any atom is -0.483 e. The predicted octanol–water partition coefficient (Wildman–Crippen LogP) is 5.13. The van der Waals surface area contributed by atoms with Crippen molar-refractivity contribution < 1.29 is 14.3 Å². The first-order chi connectivity index (χ1) is 15.4. The summed E-state index contributed by atoms with van der Waals surface area (Å²) >= 11 is 0. The molecule has 0 aliphatic carbocycles. The number of hydrogen-bond acceptors (Lipinski definition) is 3. The number of para-hydroxylation sites is 1. The van der Waals surface area contributed by atoms with E-state index < -0.39 is 6.04 Å². The Kier molecular flexibility index (Phi) is 9.09. The molecule has 5 nitrogen and oxygen atoms in total. The molecule has 0 saturated heterocycles. The van der Waals surface area contributed by atoms with Crippen molar-refractivity contribution in [3.05, 3.63) is 65.7 Å². The molecular weight excluding hydrogens is 412 g/mol. The second-order valence-electron chi connectivity index (χ2n) is 10.5. The maximum absolute atomic E-state index is 13.4. The van der Waals surface area contributed by atoms with Gasteiger partial charge in [-0.1, -0.05) is 76.2 Å². The highest BCUT2D eigenvalue weighted by molar-refractivity contribution is 5.88. The van der Waals surface area contributed by atoms with E-state index in [9.17, 15) is 9.59 Å². The average molecular weight is 453 g/mol. The highest BCUT2D eigenvalue weighted by atomic mass is 16.5. The summed E-state index contributed by atoms with van der Waals surface area (Å²) in [6, 6.07) is 17.3. The van der Waals surface area contributed by atoms with Crippen LogP contribution in [0.25, 0.3) is 0 Å². The lowest BCUT2D eigenvalue weighted by Crippen LogP contribution is -2.55. The molecule has 0 bridgehead atoms. The van der Waals surface area contributed by atoms with Gasteiger partial charge < -0.3 is 15.0 Å². The fourth-order valence-electron chi connectivity index (χ4n) is 3.78. The monoisotopic (exact) mass is 452 g/mol. The topological polar surface area (TPSA) is 58.6 Å². The van der Waals surface area contributed by atoms with Gasteiger partial charge in [0, 0.05) is 12.1 Å². The minimum atomic E-state index is -0.554. The molecule has 1 N–H and O–H groups in total. The van der Waals surface area contributed by atoms with Crippen molar-refractivity contribution in [2.45, 2.75) is 78.3 Å². The van der Waals surface area contributed by atoms with E-state index >= 15 is 0 Å². The van der Waals surface area contributed by atoms with Gasteiger partial charge in [0.1, 0.15) is 11.8 Å². The van der Waals surface area contributed by atoms with Crippen LogP contribution in [-0.4, -0.2) is 41.4 Å². The number of carbonyl (C=O) groups excluding carboxylic acids is 2. The molecule has 2 aromatic rings. The quantitative estimate of drug-likeness (QED) is 0.574. The summed E-state index contributed by atoms with van der Waals surface area (Å²) in [5, 5.41) is 3.03. The number of benzene rings is 2. The van der Waals surface area contributed by atoms with Crippen LogP contribution in [0.3, 0.4) is 0 Å². The zero-order valence-electron chi connectivity index (χ0n) is 21.3. The van der Waals surface area contributed by atoms with Crippen LogP contribution in [0.1, 0.15) is 66.0 Å². The largest absolute Gasteiger partial charge is 0.483 e. The molecular formula is C28H40N2O3. The van der Waals surface area contributed by atoms with E-state index in [0.29, 0.717) is 25.1 Å². The molecule has 0 aliphatic heterocycles. The molecule has 1 unspecified atom stereocenters. The normalized spacial score (nSPS) is 12.7. The van der Waals surface area contributed by atoms with Crippen LogP contribution in [0.4, 0.5) is 0 Å². The number of nitrogens with one attached hydrogen (secondary N) is 1. The number of ether oxygens (including phenoxy) is 1. The molecule has 0 spiro atoms. The molecule has 2 aromatic carbocycles. The van der Waals surface area contributed by atoms with E-state index in [0.717, 1.165) is 11.1 Å². The lowest BCUT2D eigenvalue weighted by molar-refractivity contribution is -0.142. The standard InChI is InChI=1S/C28H40N2O3/c1-8-23(26(32)29-28(5,6)7)30(19-18-21-14-10-9-11-15-21)25(31)20-33-24-17-13-12-16-22(24)27(2,3)4/h9-17,23H,8,18-20H2,1-7H3,(H,29,32). The van der Waals surface area contributed by atoms with E-state index in [1.165, 1.54) is 0 Å². The van der Waals surface area contributed by atoms with Crippen molar-refractivity contribution in [3.8, 4) is 5.75 Å². The van der Waals surface area contributed by atoms with Gasteiger partial charge in [-0.3, -0.25) is 9.59 Å². The molecule has 1 atom stereocenters. The minimum absolute atomic E-state index is 0.106. The van der Waals surface area contributed by atoms with Crippen LogP contribution in [-0.2, 0) is 21.4 Å². The fourth-order valence-corrected chi connectivity index (χ4v) is 3.78. The second kappa shape index (κ2) is 11.4. The number of hydrogen-bond donors (Lipinski definition) is 1. The van der Waals surface area contributed by atoms with Crippen molar-refractivity contribution in [2.75, 3.05) is 13.2 Å².